The second-order valence-corrected chi connectivity index (χ2v) is 5.91. The van der Waals surface area contributed by atoms with Gasteiger partial charge in [0.15, 0.2) is 5.69 Å². The Kier molecular flexibility index (Phi) is 4.91. The Bertz CT molecular complexity index is 828. The minimum absolute atomic E-state index is 0.234. The zero-order valence-electron chi connectivity index (χ0n) is 13.2. The van der Waals surface area contributed by atoms with Gasteiger partial charge in [-0.2, -0.15) is 0 Å². The van der Waals surface area contributed by atoms with Gasteiger partial charge in [0.05, 0.1) is 12.2 Å². The molecule has 2 aromatic carbocycles. The largest absolute Gasteiger partial charge is 0.347 e. The lowest BCUT2D eigenvalue weighted by Gasteiger charge is -2.05. The molecule has 0 aliphatic carbocycles. The number of nitrogens with one attached hydrogen (secondary N) is 1. The van der Waals surface area contributed by atoms with E-state index < -0.39 is 0 Å². The fourth-order valence-electron chi connectivity index (χ4n) is 2.34. The molecule has 0 unspecified atom stereocenters. The van der Waals surface area contributed by atoms with Crippen molar-refractivity contribution in [1.29, 1.82) is 0 Å². The van der Waals surface area contributed by atoms with E-state index in [4.69, 9.17) is 11.6 Å². The molecule has 1 aromatic heterocycles. The maximum atomic E-state index is 12.3. The van der Waals surface area contributed by atoms with Crippen LogP contribution in [0.3, 0.4) is 0 Å². The first-order valence-electron chi connectivity index (χ1n) is 7.60. The molecule has 3 aromatic rings. The predicted octanol–water partition coefficient (Wildman–Crippen LogP) is 3.22. The Morgan fingerprint density at radius 3 is 2.50 bits per heavy atom. The summed E-state index contributed by atoms with van der Waals surface area (Å²) in [5, 5.41) is 11.6. The van der Waals surface area contributed by atoms with Crippen LogP contribution in [0.4, 0.5) is 0 Å². The summed E-state index contributed by atoms with van der Waals surface area (Å²) in [6, 6.07) is 17.3. The van der Waals surface area contributed by atoms with Crippen molar-refractivity contribution < 1.29 is 4.79 Å². The van der Waals surface area contributed by atoms with E-state index in [0.29, 0.717) is 23.8 Å². The van der Waals surface area contributed by atoms with Crippen molar-refractivity contribution in [2.24, 2.45) is 0 Å². The summed E-state index contributed by atoms with van der Waals surface area (Å²) < 4.78 is 1.73. The first-order chi connectivity index (χ1) is 11.6. The number of aromatic nitrogens is 3. The Labute approximate surface area is 145 Å². The van der Waals surface area contributed by atoms with E-state index in [9.17, 15) is 4.79 Å². The number of halogens is 1. The number of carbonyl (C=O) groups excluding carboxylic acids is 1. The summed E-state index contributed by atoms with van der Waals surface area (Å²) in [4.78, 5) is 12.3. The van der Waals surface area contributed by atoms with Gasteiger partial charge in [-0.05, 0) is 30.2 Å². The van der Waals surface area contributed by atoms with Crippen LogP contribution < -0.4 is 5.32 Å². The number of hydrogen-bond donors (Lipinski definition) is 1. The van der Waals surface area contributed by atoms with Gasteiger partial charge in [0.25, 0.3) is 5.91 Å². The highest BCUT2D eigenvalue weighted by Crippen LogP contribution is 2.10. The average molecular weight is 341 g/mol. The smallest absolute Gasteiger partial charge is 0.274 e. The summed E-state index contributed by atoms with van der Waals surface area (Å²) in [5.41, 5.74) is 3.17. The van der Waals surface area contributed by atoms with Gasteiger partial charge in [0.1, 0.15) is 0 Å². The fraction of sp³-hybridized carbons (Fsp3) is 0.167. The Hall–Kier alpha value is -2.66. The Morgan fingerprint density at radius 2 is 1.79 bits per heavy atom. The van der Waals surface area contributed by atoms with Crippen LogP contribution in [0.25, 0.3) is 0 Å². The summed E-state index contributed by atoms with van der Waals surface area (Å²) in [6.45, 7) is 2.85. The maximum absolute atomic E-state index is 12.3. The number of hydrogen-bond acceptors (Lipinski definition) is 3. The third kappa shape index (κ3) is 3.81. The van der Waals surface area contributed by atoms with Crippen LogP contribution in [0.1, 0.15) is 27.3 Å². The molecular weight excluding hydrogens is 324 g/mol. The van der Waals surface area contributed by atoms with Gasteiger partial charge in [0.2, 0.25) is 0 Å². The van der Waals surface area contributed by atoms with E-state index in [1.165, 1.54) is 0 Å². The van der Waals surface area contributed by atoms with Crippen molar-refractivity contribution >= 4 is 17.5 Å². The number of carbonyl (C=O) groups is 1. The van der Waals surface area contributed by atoms with E-state index in [1.54, 1.807) is 16.8 Å². The minimum atomic E-state index is -0.234. The highest BCUT2D eigenvalue weighted by atomic mass is 35.5. The molecule has 6 heteroatoms. The van der Waals surface area contributed by atoms with E-state index in [2.05, 4.69) is 15.6 Å². The van der Waals surface area contributed by atoms with Crippen LogP contribution in [0.15, 0.2) is 54.6 Å². The Morgan fingerprint density at radius 1 is 1.08 bits per heavy atom. The Balaban J connectivity index is 1.66. The molecule has 0 saturated heterocycles. The van der Waals surface area contributed by atoms with Crippen molar-refractivity contribution in [3.63, 3.8) is 0 Å². The third-order valence-corrected chi connectivity index (χ3v) is 3.99. The van der Waals surface area contributed by atoms with Crippen LogP contribution in [0.2, 0.25) is 5.02 Å². The second kappa shape index (κ2) is 7.27. The van der Waals surface area contributed by atoms with Crippen molar-refractivity contribution in [2.75, 3.05) is 0 Å². The van der Waals surface area contributed by atoms with Gasteiger partial charge < -0.3 is 5.32 Å². The molecule has 0 fully saturated rings. The van der Waals surface area contributed by atoms with Gasteiger partial charge in [-0.3, -0.25) is 4.79 Å². The summed E-state index contributed by atoms with van der Waals surface area (Å²) in [7, 11) is 0. The van der Waals surface area contributed by atoms with Crippen molar-refractivity contribution in [1.82, 2.24) is 20.3 Å². The molecule has 0 aliphatic rings. The number of amides is 1. The molecule has 24 heavy (non-hydrogen) atoms. The molecule has 0 atom stereocenters. The summed E-state index contributed by atoms with van der Waals surface area (Å²) in [5.74, 6) is -0.234. The van der Waals surface area contributed by atoms with E-state index in [1.807, 2.05) is 49.4 Å². The van der Waals surface area contributed by atoms with Gasteiger partial charge >= 0.3 is 0 Å². The molecule has 0 spiro atoms. The molecule has 0 saturated carbocycles. The topological polar surface area (TPSA) is 59.8 Å². The normalized spacial score (nSPS) is 10.6. The molecular formula is C18H17ClN4O. The predicted molar refractivity (Wildman–Crippen MR) is 92.9 cm³/mol. The number of benzene rings is 2. The number of nitrogens with zero attached hydrogens (tertiary/aromatic N) is 3. The van der Waals surface area contributed by atoms with Gasteiger partial charge in [-0.1, -0.05) is 59.3 Å². The minimum Gasteiger partial charge on any atom is -0.347 e. The van der Waals surface area contributed by atoms with E-state index >= 15 is 0 Å². The van der Waals surface area contributed by atoms with Gasteiger partial charge in [-0.25, -0.2) is 4.68 Å². The second-order valence-electron chi connectivity index (χ2n) is 5.48. The lowest BCUT2D eigenvalue weighted by atomic mass is 10.2. The molecule has 1 amide bonds. The van der Waals surface area contributed by atoms with E-state index in [-0.39, 0.29) is 5.91 Å². The first-order valence-corrected chi connectivity index (χ1v) is 7.98. The first kappa shape index (κ1) is 16.2. The van der Waals surface area contributed by atoms with Crippen LogP contribution >= 0.6 is 11.6 Å². The molecule has 0 aliphatic heterocycles. The molecule has 122 valence electrons. The lowest BCUT2D eigenvalue weighted by molar-refractivity contribution is 0.0945. The van der Waals surface area contributed by atoms with Crippen LogP contribution in [0.5, 0.6) is 0 Å². The maximum Gasteiger partial charge on any atom is 0.274 e. The van der Waals surface area contributed by atoms with Crippen molar-refractivity contribution in [3.05, 3.63) is 82.1 Å². The SMILES string of the molecule is Cc1c(C(=O)NCc2ccc(Cl)cc2)nnn1Cc1ccccc1. The van der Waals surface area contributed by atoms with Crippen LogP contribution in [-0.4, -0.2) is 20.9 Å². The zero-order valence-corrected chi connectivity index (χ0v) is 14.0. The molecule has 0 bridgehead atoms. The van der Waals surface area contributed by atoms with Crippen molar-refractivity contribution in [3.8, 4) is 0 Å². The van der Waals surface area contributed by atoms with Crippen molar-refractivity contribution in [2.45, 2.75) is 20.0 Å². The molecule has 3 rings (SSSR count). The van der Waals surface area contributed by atoms with E-state index in [0.717, 1.165) is 16.8 Å². The molecule has 0 radical (unpaired) electrons. The molecule has 1 N–H and O–H groups in total. The molecule has 1 heterocycles. The monoisotopic (exact) mass is 340 g/mol. The van der Waals surface area contributed by atoms with Crippen LogP contribution in [-0.2, 0) is 13.1 Å². The summed E-state index contributed by atoms with van der Waals surface area (Å²) >= 11 is 5.85. The summed E-state index contributed by atoms with van der Waals surface area (Å²) in [6.07, 6.45) is 0. The quantitative estimate of drug-likeness (QED) is 0.775. The lowest BCUT2D eigenvalue weighted by Crippen LogP contribution is -2.24. The number of rotatable bonds is 5. The zero-order chi connectivity index (χ0) is 16.9. The third-order valence-electron chi connectivity index (χ3n) is 3.74. The van der Waals surface area contributed by atoms with Crippen LogP contribution in [0, 0.1) is 6.92 Å². The highest BCUT2D eigenvalue weighted by molar-refractivity contribution is 6.30. The molecule has 5 nitrogen and oxygen atoms in total. The van der Waals surface area contributed by atoms with Gasteiger partial charge in [0, 0.05) is 11.6 Å². The highest BCUT2D eigenvalue weighted by Gasteiger charge is 2.16. The van der Waals surface area contributed by atoms with Gasteiger partial charge in [-0.15, -0.1) is 5.10 Å². The standard InChI is InChI=1S/C18H17ClN4O/c1-13-17(18(24)20-11-14-7-9-16(19)10-8-14)21-22-23(13)12-15-5-3-2-4-6-15/h2-10H,11-12H2,1H3,(H,20,24). The average Bonchev–Trinajstić information content (AvgIpc) is 2.96. The fourth-order valence-corrected chi connectivity index (χ4v) is 2.47.